The quantitative estimate of drug-likeness (QED) is 0.788. The Morgan fingerprint density at radius 1 is 1.04 bits per heavy atom. The van der Waals surface area contributed by atoms with Gasteiger partial charge in [0.1, 0.15) is 6.54 Å². The van der Waals surface area contributed by atoms with Crippen LogP contribution in [-0.4, -0.2) is 42.0 Å². The molecule has 1 fully saturated rings. The molecule has 0 radical (unpaired) electrons. The van der Waals surface area contributed by atoms with Crippen molar-refractivity contribution in [2.24, 2.45) is 0 Å². The van der Waals surface area contributed by atoms with Crippen LogP contribution >= 0.6 is 0 Å². The fourth-order valence-electron chi connectivity index (χ4n) is 3.74. The molecule has 0 atom stereocenters. The predicted molar refractivity (Wildman–Crippen MR) is 103 cm³/mol. The number of carbonyl (C=O) groups excluding carboxylic acids is 1. The van der Waals surface area contributed by atoms with Gasteiger partial charge in [-0.15, -0.1) is 0 Å². The number of nitrogens with one attached hydrogen (secondary N) is 1. The lowest BCUT2D eigenvalue weighted by Crippen LogP contribution is -3.13. The second-order valence-corrected chi connectivity index (χ2v) is 7.03. The summed E-state index contributed by atoms with van der Waals surface area (Å²) in [6.07, 6.45) is 0. The van der Waals surface area contributed by atoms with Gasteiger partial charge in [0, 0.05) is 16.6 Å². The highest BCUT2D eigenvalue weighted by Crippen LogP contribution is 2.20. The third-order valence-corrected chi connectivity index (χ3v) is 5.13. The monoisotopic (exact) mass is 346 g/mol. The lowest BCUT2D eigenvalue weighted by Gasteiger charge is -2.32. The zero-order valence-corrected chi connectivity index (χ0v) is 15.1. The minimum absolute atomic E-state index is 0.130. The molecule has 26 heavy (non-hydrogen) atoms. The predicted octanol–water partition coefficient (Wildman–Crippen LogP) is 2.08. The van der Waals surface area contributed by atoms with E-state index in [2.05, 4.69) is 35.3 Å². The number of nitrogens with zero attached hydrogens (tertiary/aromatic N) is 2. The van der Waals surface area contributed by atoms with E-state index in [1.54, 1.807) is 0 Å². The van der Waals surface area contributed by atoms with E-state index in [0.29, 0.717) is 0 Å². The van der Waals surface area contributed by atoms with Gasteiger partial charge in [0.05, 0.1) is 37.3 Å². The van der Waals surface area contributed by atoms with Crippen LogP contribution in [0.15, 0.2) is 60.7 Å². The molecule has 0 spiro atoms. The number of aryl methyl sites for hydroxylation is 1. The molecule has 4 nitrogen and oxygen atoms in total. The zero-order chi connectivity index (χ0) is 17.9. The minimum Gasteiger partial charge on any atom is -0.328 e. The van der Waals surface area contributed by atoms with Crippen molar-refractivity contribution in [2.45, 2.75) is 13.5 Å². The first-order valence-corrected chi connectivity index (χ1v) is 9.24. The second kappa shape index (κ2) is 7.26. The molecular weight excluding hydrogens is 322 g/mol. The number of hydrogen-bond acceptors (Lipinski definition) is 2. The summed E-state index contributed by atoms with van der Waals surface area (Å²) in [5.74, 6) is 0.130. The van der Waals surface area contributed by atoms with Crippen LogP contribution in [-0.2, 0) is 6.54 Å². The molecule has 3 aromatic rings. The summed E-state index contributed by atoms with van der Waals surface area (Å²) in [5.41, 5.74) is 3.92. The van der Waals surface area contributed by atoms with Crippen molar-refractivity contribution in [1.29, 1.82) is 0 Å². The lowest BCUT2D eigenvalue weighted by atomic mass is 10.1. The minimum atomic E-state index is 0.130. The summed E-state index contributed by atoms with van der Waals surface area (Å²) < 4.78 is 0. The smallest absolute Gasteiger partial charge is 0.255 e. The number of benzene rings is 2. The number of quaternary nitrogens is 1. The molecule has 0 unspecified atom stereocenters. The van der Waals surface area contributed by atoms with E-state index in [1.807, 2.05) is 42.2 Å². The first-order valence-electron chi connectivity index (χ1n) is 9.24. The maximum atomic E-state index is 13.1. The van der Waals surface area contributed by atoms with Crippen molar-refractivity contribution in [1.82, 2.24) is 9.88 Å². The maximum Gasteiger partial charge on any atom is 0.255 e. The first-order chi connectivity index (χ1) is 12.7. The van der Waals surface area contributed by atoms with Crippen LogP contribution in [0, 0.1) is 6.92 Å². The van der Waals surface area contributed by atoms with E-state index < -0.39 is 0 Å². The van der Waals surface area contributed by atoms with E-state index in [9.17, 15) is 4.79 Å². The van der Waals surface area contributed by atoms with E-state index in [4.69, 9.17) is 0 Å². The third-order valence-electron chi connectivity index (χ3n) is 5.13. The van der Waals surface area contributed by atoms with Crippen LogP contribution in [0.3, 0.4) is 0 Å². The summed E-state index contributed by atoms with van der Waals surface area (Å²) in [4.78, 5) is 21.2. The van der Waals surface area contributed by atoms with E-state index >= 15 is 0 Å². The molecule has 1 aliphatic rings. The number of hydrogen-bond donors (Lipinski definition) is 1. The Morgan fingerprint density at radius 2 is 1.73 bits per heavy atom. The van der Waals surface area contributed by atoms with Crippen LogP contribution in [0.4, 0.5) is 0 Å². The van der Waals surface area contributed by atoms with Gasteiger partial charge in [-0.2, -0.15) is 0 Å². The van der Waals surface area contributed by atoms with Crippen LogP contribution in [0.5, 0.6) is 0 Å². The van der Waals surface area contributed by atoms with Crippen molar-refractivity contribution >= 4 is 16.8 Å². The lowest BCUT2D eigenvalue weighted by molar-refractivity contribution is -0.917. The molecule has 0 aliphatic carbocycles. The van der Waals surface area contributed by atoms with Gasteiger partial charge >= 0.3 is 0 Å². The molecule has 0 saturated carbocycles. The number of fused-ring (bicyclic) bond motifs is 1. The highest BCUT2D eigenvalue weighted by atomic mass is 16.2. The average molecular weight is 346 g/mol. The van der Waals surface area contributed by atoms with Crippen molar-refractivity contribution < 1.29 is 9.69 Å². The molecule has 1 amide bonds. The molecule has 2 aromatic carbocycles. The van der Waals surface area contributed by atoms with Crippen molar-refractivity contribution in [3.05, 3.63) is 77.5 Å². The van der Waals surface area contributed by atoms with Gasteiger partial charge in [-0.1, -0.05) is 48.5 Å². The third kappa shape index (κ3) is 3.46. The number of aromatic nitrogens is 1. The Morgan fingerprint density at radius 3 is 2.50 bits per heavy atom. The average Bonchev–Trinajstić information content (AvgIpc) is 2.68. The van der Waals surface area contributed by atoms with Gasteiger partial charge in [0.2, 0.25) is 0 Å². The number of carbonyl (C=O) groups is 1. The molecule has 1 N–H and O–H groups in total. The summed E-state index contributed by atoms with van der Waals surface area (Å²) in [7, 11) is 0. The van der Waals surface area contributed by atoms with Gasteiger partial charge < -0.3 is 9.80 Å². The fraction of sp³-hybridized carbons (Fsp3) is 0.273. The van der Waals surface area contributed by atoms with Crippen molar-refractivity contribution in [3.63, 3.8) is 0 Å². The Hall–Kier alpha value is -2.72. The molecule has 4 heteroatoms. The number of pyridine rings is 1. The van der Waals surface area contributed by atoms with Crippen LogP contribution in [0.1, 0.15) is 21.6 Å². The van der Waals surface area contributed by atoms with E-state index in [1.165, 1.54) is 10.5 Å². The van der Waals surface area contributed by atoms with Crippen molar-refractivity contribution in [2.75, 3.05) is 26.2 Å². The van der Waals surface area contributed by atoms with Crippen LogP contribution < -0.4 is 4.90 Å². The Bertz CT molecular complexity index is 915. The summed E-state index contributed by atoms with van der Waals surface area (Å²) in [5, 5.41) is 0.946. The highest BCUT2D eigenvalue weighted by molar-refractivity contribution is 6.06. The number of para-hydroxylation sites is 1. The number of piperazine rings is 1. The zero-order valence-electron chi connectivity index (χ0n) is 15.1. The standard InChI is InChI=1S/C22H23N3O/c1-17-15-20(19-9-5-6-10-21(19)23-17)22(26)25-13-11-24(12-14-25)16-18-7-3-2-4-8-18/h2-10,15H,11-14,16H2,1H3/p+1. The number of amides is 1. The molecule has 1 aliphatic heterocycles. The van der Waals surface area contributed by atoms with E-state index in [0.717, 1.165) is 54.9 Å². The van der Waals surface area contributed by atoms with Gasteiger partial charge in [-0.3, -0.25) is 9.78 Å². The van der Waals surface area contributed by atoms with E-state index in [-0.39, 0.29) is 5.91 Å². The highest BCUT2D eigenvalue weighted by Gasteiger charge is 2.25. The molecule has 0 bridgehead atoms. The van der Waals surface area contributed by atoms with Crippen LogP contribution in [0.2, 0.25) is 0 Å². The topological polar surface area (TPSA) is 37.6 Å². The molecule has 4 rings (SSSR count). The van der Waals surface area contributed by atoms with Crippen LogP contribution in [0.25, 0.3) is 10.9 Å². The SMILES string of the molecule is Cc1cc(C(=O)N2CC[NH+](Cc3ccccc3)CC2)c2ccccc2n1. The summed E-state index contributed by atoms with van der Waals surface area (Å²) in [6, 6.07) is 20.4. The normalized spacial score (nSPS) is 15.3. The maximum absolute atomic E-state index is 13.1. The molecular formula is C22H24N3O+. The Labute approximate surface area is 154 Å². The van der Waals surface area contributed by atoms with Gasteiger partial charge in [-0.05, 0) is 19.1 Å². The van der Waals surface area contributed by atoms with Gasteiger partial charge in [-0.25, -0.2) is 0 Å². The summed E-state index contributed by atoms with van der Waals surface area (Å²) in [6.45, 7) is 6.56. The molecule has 1 aromatic heterocycles. The van der Waals surface area contributed by atoms with Crippen molar-refractivity contribution in [3.8, 4) is 0 Å². The van der Waals surface area contributed by atoms with Gasteiger partial charge in [0.25, 0.3) is 5.91 Å². The van der Waals surface area contributed by atoms with Gasteiger partial charge in [0.15, 0.2) is 0 Å². The second-order valence-electron chi connectivity index (χ2n) is 7.03. The Balaban J connectivity index is 1.47. The number of rotatable bonds is 3. The fourth-order valence-corrected chi connectivity index (χ4v) is 3.74. The molecule has 132 valence electrons. The molecule has 1 saturated heterocycles. The Kier molecular flexibility index (Phi) is 4.67. The first kappa shape index (κ1) is 16.7. The molecule has 2 heterocycles. The largest absolute Gasteiger partial charge is 0.328 e. The summed E-state index contributed by atoms with van der Waals surface area (Å²) >= 11 is 0.